The molecule has 0 radical (unpaired) electrons. The molecule has 0 saturated heterocycles. The number of anilines is 2. The van der Waals surface area contributed by atoms with Crippen LogP contribution < -0.4 is 10.0 Å². The molecular weight excluding hydrogens is 532 g/mol. The highest BCUT2D eigenvalue weighted by molar-refractivity contribution is 8.01. The van der Waals surface area contributed by atoms with Crippen molar-refractivity contribution in [3.8, 4) is 0 Å². The maximum Gasteiger partial charge on any atom is 0.241 e. The Kier molecular flexibility index (Phi) is 6.18. The van der Waals surface area contributed by atoms with Gasteiger partial charge in [0.2, 0.25) is 15.2 Å². The summed E-state index contributed by atoms with van der Waals surface area (Å²) in [6.45, 7) is 0. The highest BCUT2D eigenvalue weighted by Gasteiger charge is 2.38. The SMILES string of the molecule is O=S(=O)(NC1c2cccc3cccc(c23)C1Sc1nnc(Nc2ccccc2)s1)c1ccc(Cl)cc1. The first-order chi connectivity index (χ1) is 17.5. The Morgan fingerprint density at radius 2 is 1.56 bits per heavy atom. The number of sulfonamides is 1. The maximum absolute atomic E-state index is 13.4. The van der Waals surface area contributed by atoms with E-state index in [4.69, 9.17) is 11.6 Å². The van der Waals surface area contributed by atoms with E-state index in [0.717, 1.165) is 31.9 Å². The molecule has 6 nitrogen and oxygen atoms in total. The number of hydrogen-bond donors (Lipinski definition) is 2. The third-order valence-corrected chi connectivity index (χ3v) is 9.92. The summed E-state index contributed by atoms with van der Waals surface area (Å²) in [6, 6.07) is 27.6. The fourth-order valence-corrected chi connectivity index (χ4v) is 8.06. The molecule has 1 aliphatic rings. The molecule has 0 amide bonds. The topological polar surface area (TPSA) is 84.0 Å². The minimum atomic E-state index is -3.80. The summed E-state index contributed by atoms with van der Waals surface area (Å²) in [5.41, 5.74) is 2.95. The molecule has 4 aromatic carbocycles. The van der Waals surface area contributed by atoms with E-state index < -0.39 is 16.1 Å². The first-order valence-electron chi connectivity index (χ1n) is 11.1. The minimum absolute atomic E-state index is 0.170. The first-order valence-corrected chi connectivity index (χ1v) is 14.7. The van der Waals surface area contributed by atoms with Crippen molar-refractivity contribution >= 4 is 66.3 Å². The molecule has 0 saturated carbocycles. The molecule has 1 heterocycles. The Balaban J connectivity index is 1.34. The van der Waals surface area contributed by atoms with Gasteiger partial charge in [-0.15, -0.1) is 10.2 Å². The van der Waals surface area contributed by atoms with Crippen molar-refractivity contribution in [1.29, 1.82) is 0 Å². The van der Waals surface area contributed by atoms with Gasteiger partial charge in [0.1, 0.15) is 0 Å². The van der Waals surface area contributed by atoms with E-state index in [0.29, 0.717) is 10.2 Å². The Morgan fingerprint density at radius 3 is 2.31 bits per heavy atom. The van der Waals surface area contributed by atoms with Crippen molar-refractivity contribution in [3.63, 3.8) is 0 Å². The normalized spacial score (nSPS) is 16.9. The van der Waals surface area contributed by atoms with Gasteiger partial charge in [-0.25, -0.2) is 13.1 Å². The molecule has 0 aliphatic heterocycles. The smallest absolute Gasteiger partial charge is 0.241 e. The second kappa shape index (κ2) is 9.49. The molecule has 1 aromatic heterocycles. The number of rotatable bonds is 7. The van der Waals surface area contributed by atoms with Crippen molar-refractivity contribution in [2.75, 3.05) is 5.32 Å². The van der Waals surface area contributed by atoms with Gasteiger partial charge in [-0.1, -0.05) is 89.3 Å². The van der Waals surface area contributed by atoms with E-state index >= 15 is 0 Å². The van der Waals surface area contributed by atoms with E-state index in [1.54, 1.807) is 12.1 Å². The molecule has 180 valence electrons. The van der Waals surface area contributed by atoms with Gasteiger partial charge in [0.15, 0.2) is 4.34 Å². The molecule has 1 aliphatic carbocycles. The van der Waals surface area contributed by atoms with Crippen molar-refractivity contribution in [2.24, 2.45) is 0 Å². The van der Waals surface area contributed by atoms with Gasteiger partial charge in [0.05, 0.1) is 16.2 Å². The second-order valence-electron chi connectivity index (χ2n) is 8.25. The monoisotopic (exact) mass is 550 g/mol. The van der Waals surface area contributed by atoms with Gasteiger partial charge in [-0.3, -0.25) is 0 Å². The van der Waals surface area contributed by atoms with Crippen LogP contribution in [0.15, 0.2) is 100 Å². The standard InChI is InChI=1S/C26H19ClN4O2S3/c27-17-12-14-19(15-13-17)36(32,33)31-23-20-10-4-6-16-7-5-11-21(22(16)20)24(23)34-26-30-29-25(35-26)28-18-8-2-1-3-9-18/h1-15,23-24,31H,(H,28,29). The van der Waals surface area contributed by atoms with Gasteiger partial charge in [0.25, 0.3) is 0 Å². The third kappa shape index (κ3) is 4.49. The van der Waals surface area contributed by atoms with Crippen LogP contribution >= 0.6 is 34.7 Å². The molecule has 5 aromatic rings. The van der Waals surface area contributed by atoms with E-state index in [1.807, 2.05) is 60.7 Å². The third-order valence-electron chi connectivity index (χ3n) is 5.98. The molecule has 10 heteroatoms. The lowest BCUT2D eigenvalue weighted by atomic mass is 10.1. The van der Waals surface area contributed by atoms with Crippen LogP contribution in [0.2, 0.25) is 5.02 Å². The molecule has 0 spiro atoms. The van der Waals surface area contributed by atoms with E-state index in [9.17, 15) is 8.42 Å². The number of halogens is 1. The van der Waals surface area contributed by atoms with Gasteiger partial charge >= 0.3 is 0 Å². The summed E-state index contributed by atoms with van der Waals surface area (Å²) in [4.78, 5) is 0.170. The average Bonchev–Trinajstić information content (AvgIpc) is 3.44. The quantitative estimate of drug-likeness (QED) is 0.228. The van der Waals surface area contributed by atoms with Crippen LogP contribution in [-0.2, 0) is 10.0 Å². The summed E-state index contributed by atoms with van der Waals surface area (Å²) in [7, 11) is -3.80. The van der Waals surface area contributed by atoms with Crippen molar-refractivity contribution in [3.05, 3.63) is 107 Å². The predicted molar refractivity (Wildman–Crippen MR) is 147 cm³/mol. The van der Waals surface area contributed by atoms with Crippen LogP contribution in [0.1, 0.15) is 22.4 Å². The number of nitrogens with zero attached hydrogens (tertiary/aromatic N) is 2. The highest BCUT2D eigenvalue weighted by atomic mass is 35.5. The number of aromatic nitrogens is 2. The van der Waals surface area contributed by atoms with E-state index in [-0.39, 0.29) is 10.1 Å². The largest absolute Gasteiger partial charge is 0.330 e. The summed E-state index contributed by atoms with van der Waals surface area (Å²) in [6.07, 6.45) is 0. The van der Waals surface area contributed by atoms with E-state index in [2.05, 4.69) is 26.3 Å². The van der Waals surface area contributed by atoms with Crippen LogP contribution in [0.3, 0.4) is 0 Å². The summed E-state index contributed by atoms with van der Waals surface area (Å²) in [5.74, 6) is 0. The molecule has 2 N–H and O–H groups in total. The predicted octanol–water partition coefficient (Wildman–Crippen LogP) is 6.95. The molecular formula is C26H19ClN4O2S3. The molecule has 36 heavy (non-hydrogen) atoms. The number of hydrogen-bond acceptors (Lipinski definition) is 7. The van der Waals surface area contributed by atoms with Gasteiger partial charge < -0.3 is 5.32 Å². The fourth-order valence-electron chi connectivity index (χ4n) is 4.41. The lowest BCUT2D eigenvalue weighted by molar-refractivity contribution is 0.557. The van der Waals surface area contributed by atoms with Crippen LogP contribution in [0.4, 0.5) is 10.8 Å². The Hall–Kier alpha value is -2.95. The average molecular weight is 551 g/mol. The van der Waals surface area contributed by atoms with Crippen LogP contribution in [0, 0.1) is 0 Å². The lowest BCUT2D eigenvalue weighted by Crippen LogP contribution is -2.29. The van der Waals surface area contributed by atoms with Crippen molar-refractivity contribution < 1.29 is 8.42 Å². The zero-order valence-electron chi connectivity index (χ0n) is 18.6. The van der Waals surface area contributed by atoms with Gasteiger partial charge in [-0.05, 0) is 58.3 Å². The Morgan fingerprint density at radius 1 is 0.833 bits per heavy atom. The molecule has 0 bridgehead atoms. The highest BCUT2D eigenvalue weighted by Crippen LogP contribution is 2.54. The Bertz CT molecular complexity index is 1650. The first kappa shape index (κ1) is 23.4. The zero-order chi connectivity index (χ0) is 24.7. The zero-order valence-corrected chi connectivity index (χ0v) is 21.8. The minimum Gasteiger partial charge on any atom is -0.330 e. The van der Waals surface area contributed by atoms with Gasteiger partial charge in [0, 0.05) is 10.7 Å². The molecule has 2 atom stereocenters. The number of para-hydroxylation sites is 1. The Labute approximate surface area is 221 Å². The van der Waals surface area contributed by atoms with Gasteiger partial charge in [-0.2, -0.15) is 0 Å². The number of benzene rings is 4. The van der Waals surface area contributed by atoms with Crippen molar-refractivity contribution in [2.45, 2.75) is 20.5 Å². The second-order valence-corrected chi connectivity index (χ2v) is 12.8. The summed E-state index contributed by atoms with van der Waals surface area (Å²) in [5, 5.41) is 15.0. The number of thioether (sulfide) groups is 1. The lowest BCUT2D eigenvalue weighted by Gasteiger charge is -2.22. The van der Waals surface area contributed by atoms with Crippen LogP contribution in [0.25, 0.3) is 10.8 Å². The fraction of sp³-hybridized carbons (Fsp3) is 0.0769. The van der Waals surface area contributed by atoms with Crippen LogP contribution in [0.5, 0.6) is 0 Å². The molecule has 0 fully saturated rings. The van der Waals surface area contributed by atoms with Crippen molar-refractivity contribution in [1.82, 2.24) is 14.9 Å². The van der Waals surface area contributed by atoms with Crippen LogP contribution in [-0.4, -0.2) is 18.6 Å². The van der Waals surface area contributed by atoms with E-state index in [1.165, 1.54) is 35.2 Å². The molecule has 6 rings (SSSR count). The summed E-state index contributed by atoms with van der Waals surface area (Å²) >= 11 is 8.93. The summed E-state index contributed by atoms with van der Waals surface area (Å²) < 4.78 is 30.5. The maximum atomic E-state index is 13.4. The number of nitrogens with one attached hydrogen (secondary N) is 2. The molecule has 2 unspecified atom stereocenters.